The summed E-state index contributed by atoms with van der Waals surface area (Å²) < 4.78 is 48.4. The molecule has 0 aliphatic heterocycles. The maximum absolute atomic E-state index is 12.9. The molecule has 0 heterocycles. The molecule has 0 radical (unpaired) electrons. The lowest BCUT2D eigenvalue weighted by molar-refractivity contribution is -0.144. The summed E-state index contributed by atoms with van der Waals surface area (Å²) in [4.78, 5) is 25.3. The first-order chi connectivity index (χ1) is 11.3. The van der Waals surface area contributed by atoms with E-state index in [0.717, 1.165) is 17.0 Å². The molecule has 0 aliphatic rings. The summed E-state index contributed by atoms with van der Waals surface area (Å²) in [6.45, 7) is 0.601. The molecule has 6 nitrogen and oxygen atoms in total. The van der Waals surface area contributed by atoms with E-state index < -0.39 is 29.2 Å². The molecule has 24 heavy (non-hydrogen) atoms. The first kappa shape index (κ1) is 19.9. The Morgan fingerprint density at radius 2 is 1.62 bits per heavy atom. The zero-order valence-corrected chi connectivity index (χ0v) is 13.4. The van der Waals surface area contributed by atoms with Gasteiger partial charge in [0.25, 0.3) is 0 Å². The standard InChI is InChI=1S/C15H19F3N2O4/c1-23-9-7-20(8-10-24-2)14(22)13(21)19-12-6-4-3-5-11(12)15(16,17)18/h3-6H,7-10H2,1-2H3,(H,19,21). The highest BCUT2D eigenvalue weighted by atomic mass is 19.4. The Kier molecular flexibility index (Phi) is 7.66. The zero-order chi connectivity index (χ0) is 18.2. The van der Waals surface area contributed by atoms with Crippen molar-refractivity contribution < 1.29 is 32.2 Å². The number of nitrogens with zero attached hydrogens (tertiary/aromatic N) is 1. The number of nitrogens with one attached hydrogen (secondary N) is 1. The highest BCUT2D eigenvalue weighted by Gasteiger charge is 2.34. The van der Waals surface area contributed by atoms with Crippen molar-refractivity contribution in [3.63, 3.8) is 0 Å². The molecule has 0 atom stereocenters. The number of para-hydroxylation sites is 1. The van der Waals surface area contributed by atoms with Crippen molar-refractivity contribution in [2.24, 2.45) is 0 Å². The molecule has 0 saturated heterocycles. The Bertz CT molecular complexity index is 556. The van der Waals surface area contributed by atoms with Crippen LogP contribution in [0.1, 0.15) is 5.56 Å². The molecule has 0 bridgehead atoms. The van der Waals surface area contributed by atoms with Crippen LogP contribution in [0.25, 0.3) is 0 Å². The second-order valence-corrected chi connectivity index (χ2v) is 4.78. The predicted octanol–water partition coefficient (Wildman–Crippen LogP) is 1.77. The largest absolute Gasteiger partial charge is 0.418 e. The zero-order valence-electron chi connectivity index (χ0n) is 13.4. The quantitative estimate of drug-likeness (QED) is 0.763. The van der Waals surface area contributed by atoms with E-state index in [1.54, 1.807) is 0 Å². The lowest BCUT2D eigenvalue weighted by atomic mass is 10.1. The van der Waals surface area contributed by atoms with E-state index >= 15 is 0 Å². The van der Waals surface area contributed by atoms with Crippen LogP contribution in [0.4, 0.5) is 18.9 Å². The van der Waals surface area contributed by atoms with E-state index in [1.165, 1.54) is 26.4 Å². The highest BCUT2D eigenvalue weighted by molar-refractivity contribution is 6.39. The molecule has 1 aromatic rings. The van der Waals surface area contributed by atoms with E-state index in [2.05, 4.69) is 0 Å². The maximum atomic E-state index is 12.9. The van der Waals surface area contributed by atoms with Crippen LogP contribution in [0.15, 0.2) is 24.3 Å². The molecule has 134 valence electrons. The van der Waals surface area contributed by atoms with Crippen LogP contribution >= 0.6 is 0 Å². The minimum atomic E-state index is -4.64. The Labute approximate surface area is 137 Å². The molecule has 1 rings (SSSR count). The lowest BCUT2D eigenvalue weighted by Crippen LogP contribution is -2.43. The topological polar surface area (TPSA) is 67.9 Å². The minimum Gasteiger partial charge on any atom is -0.383 e. The molecule has 0 fully saturated rings. The molecule has 0 unspecified atom stereocenters. The molecular formula is C15H19F3N2O4. The van der Waals surface area contributed by atoms with Gasteiger partial charge in [-0.2, -0.15) is 13.2 Å². The number of hydrogen-bond donors (Lipinski definition) is 1. The van der Waals surface area contributed by atoms with Gasteiger partial charge in [-0.05, 0) is 12.1 Å². The summed E-state index contributed by atoms with van der Waals surface area (Å²) in [6, 6.07) is 4.45. The van der Waals surface area contributed by atoms with Gasteiger partial charge in [0.1, 0.15) is 0 Å². The molecule has 1 N–H and O–H groups in total. The smallest absolute Gasteiger partial charge is 0.383 e. The van der Waals surface area contributed by atoms with Crippen LogP contribution < -0.4 is 5.32 Å². The number of amides is 2. The molecule has 0 spiro atoms. The van der Waals surface area contributed by atoms with Gasteiger partial charge in [0.2, 0.25) is 0 Å². The van der Waals surface area contributed by atoms with Crippen LogP contribution in [-0.2, 0) is 25.2 Å². The van der Waals surface area contributed by atoms with Gasteiger partial charge >= 0.3 is 18.0 Å². The third kappa shape index (κ3) is 5.82. The molecule has 1 aromatic carbocycles. The van der Waals surface area contributed by atoms with E-state index in [-0.39, 0.29) is 26.3 Å². The van der Waals surface area contributed by atoms with E-state index in [9.17, 15) is 22.8 Å². The van der Waals surface area contributed by atoms with Crippen LogP contribution in [0.3, 0.4) is 0 Å². The number of carbonyl (C=O) groups excluding carboxylic acids is 2. The van der Waals surface area contributed by atoms with Crippen LogP contribution in [-0.4, -0.2) is 57.2 Å². The van der Waals surface area contributed by atoms with Gasteiger partial charge in [-0.15, -0.1) is 0 Å². The van der Waals surface area contributed by atoms with Gasteiger partial charge in [0.05, 0.1) is 24.5 Å². The number of methoxy groups -OCH3 is 2. The van der Waals surface area contributed by atoms with Gasteiger partial charge in [-0.1, -0.05) is 12.1 Å². The second kappa shape index (κ2) is 9.24. The number of halogens is 3. The number of rotatable bonds is 7. The number of alkyl halides is 3. The highest BCUT2D eigenvalue weighted by Crippen LogP contribution is 2.34. The minimum absolute atomic E-state index is 0.118. The molecule has 9 heteroatoms. The fourth-order valence-electron chi connectivity index (χ4n) is 1.88. The van der Waals surface area contributed by atoms with Crippen LogP contribution in [0.5, 0.6) is 0 Å². The average Bonchev–Trinajstić information content (AvgIpc) is 2.54. The summed E-state index contributed by atoms with van der Waals surface area (Å²) in [5.74, 6) is -2.11. The van der Waals surface area contributed by atoms with Gasteiger partial charge < -0.3 is 19.7 Å². The van der Waals surface area contributed by atoms with Gasteiger partial charge in [0.15, 0.2) is 0 Å². The van der Waals surface area contributed by atoms with Crippen molar-refractivity contribution >= 4 is 17.5 Å². The van der Waals surface area contributed by atoms with E-state index in [1.807, 2.05) is 5.32 Å². The number of hydrogen-bond acceptors (Lipinski definition) is 4. The average molecular weight is 348 g/mol. The van der Waals surface area contributed by atoms with Crippen molar-refractivity contribution in [2.45, 2.75) is 6.18 Å². The maximum Gasteiger partial charge on any atom is 0.418 e. The van der Waals surface area contributed by atoms with Crippen molar-refractivity contribution in [1.29, 1.82) is 0 Å². The van der Waals surface area contributed by atoms with E-state index in [0.29, 0.717) is 0 Å². The normalized spacial score (nSPS) is 11.2. The third-order valence-corrected chi connectivity index (χ3v) is 3.09. The second-order valence-electron chi connectivity index (χ2n) is 4.78. The van der Waals surface area contributed by atoms with Gasteiger partial charge in [-0.3, -0.25) is 9.59 Å². The van der Waals surface area contributed by atoms with Crippen molar-refractivity contribution in [3.8, 4) is 0 Å². The summed E-state index contributed by atoms with van der Waals surface area (Å²) in [6.07, 6.45) is -4.64. The van der Waals surface area contributed by atoms with Crippen molar-refractivity contribution in [2.75, 3.05) is 45.8 Å². The number of carbonyl (C=O) groups is 2. The fourth-order valence-corrected chi connectivity index (χ4v) is 1.88. The molecular weight excluding hydrogens is 329 g/mol. The monoisotopic (exact) mass is 348 g/mol. The number of anilines is 1. The Morgan fingerprint density at radius 1 is 1.08 bits per heavy atom. The summed E-state index contributed by atoms with van der Waals surface area (Å²) in [5, 5.41) is 2.02. The third-order valence-electron chi connectivity index (χ3n) is 3.09. The molecule has 2 amide bonds. The molecule has 0 aliphatic carbocycles. The Morgan fingerprint density at radius 3 is 2.12 bits per heavy atom. The number of benzene rings is 1. The SMILES string of the molecule is COCCN(CCOC)C(=O)C(=O)Nc1ccccc1C(F)(F)F. The van der Waals surface area contributed by atoms with Gasteiger partial charge in [0, 0.05) is 27.3 Å². The van der Waals surface area contributed by atoms with E-state index in [4.69, 9.17) is 9.47 Å². The first-order valence-corrected chi connectivity index (χ1v) is 7.05. The van der Waals surface area contributed by atoms with Gasteiger partial charge in [-0.25, -0.2) is 0 Å². The van der Waals surface area contributed by atoms with Crippen molar-refractivity contribution in [1.82, 2.24) is 4.90 Å². The predicted molar refractivity (Wildman–Crippen MR) is 80.4 cm³/mol. The molecule has 0 aromatic heterocycles. The summed E-state index contributed by atoms with van der Waals surface area (Å²) in [7, 11) is 2.86. The fraction of sp³-hybridized carbons (Fsp3) is 0.467. The number of ether oxygens (including phenoxy) is 2. The Hall–Kier alpha value is -2.13. The summed E-state index contributed by atoms with van der Waals surface area (Å²) >= 11 is 0. The van der Waals surface area contributed by atoms with Crippen LogP contribution in [0, 0.1) is 0 Å². The summed E-state index contributed by atoms with van der Waals surface area (Å²) in [5.41, 5.74) is -1.49. The van der Waals surface area contributed by atoms with Crippen LogP contribution in [0.2, 0.25) is 0 Å². The van der Waals surface area contributed by atoms with Crippen molar-refractivity contribution in [3.05, 3.63) is 29.8 Å². The first-order valence-electron chi connectivity index (χ1n) is 7.05. The Balaban J connectivity index is 2.87. The lowest BCUT2D eigenvalue weighted by Gasteiger charge is -2.21. The molecule has 0 saturated carbocycles.